The van der Waals surface area contributed by atoms with Crippen molar-refractivity contribution in [2.75, 3.05) is 46.6 Å². The SMILES string of the molecule is COCCOCCCN1CCC(C(=O)O)(C(F)(F)F)C1. The predicted molar refractivity (Wildman–Crippen MR) is 64.5 cm³/mol. The van der Waals surface area contributed by atoms with Gasteiger partial charge in [0, 0.05) is 26.8 Å². The maximum absolute atomic E-state index is 12.9. The second-order valence-corrected chi connectivity index (χ2v) is 4.87. The molecule has 0 bridgehead atoms. The summed E-state index contributed by atoms with van der Waals surface area (Å²) >= 11 is 0. The Morgan fingerprint density at radius 2 is 2.05 bits per heavy atom. The van der Waals surface area contributed by atoms with Gasteiger partial charge in [0.25, 0.3) is 0 Å². The van der Waals surface area contributed by atoms with Gasteiger partial charge in [0.15, 0.2) is 5.41 Å². The van der Waals surface area contributed by atoms with Crippen LogP contribution in [0.2, 0.25) is 0 Å². The number of carbonyl (C=O) groups is 1. The van der Waals surface area contributed by atoms with Gasteiger partial charge in [-0.2, -0.15) is 13.2 Å². The molecular weight excluding hydrogens is 279 g/mol. The highest BCUT2D eigenvalue weighted by Crippen LogP contribution is 2.45. The normalized spacial score (nSPS) is 24.2. The Morgan fingerprint density at radius 1 is 1.35 bits per heavy atom. The molecule has 1 aliphatic heterocycles. The Morgan fingerprint density at radius 3 is 2.55 bits per heavy atom. The molecule has 0 aromatic rings. The van der Waals surface area contributed by atoms with Gasteiger partial charge in [-0.1, -0.05) is 0 Å². The first-order chi connectivity index (χ1) is 9.33. The zero-order valence-corrected chi connectivity index (χ0v) is 11.4. The number of carboxylic acids is 1. The van der Waals surface area contributed by atoms with E-state index in [9.17, 15) is 18.0 Å². The number of alkyl halides is 3. The van der Waals surface area contributed by atoms with Crippen molar-refractivity contribution >= 4 is 5.97 Å². The van der Waals surface area contributed by atoms with Gasteiger partial charge in [-0.25, -0.2) is 0 Å². The maximum atomic E-state index is 12.9. The van der Waals surface area contributed by atoms with E-state index in [1.807, 2.05) is 0 Å². The van der Waals surface area contributed by atoms with E-state index in [2.05, 4.69) is 0 Å². The van der Waals surface area contributed by atoms with Gasteiger partial charge in [0.2, 0.25) is 0 Å². The van der Waals surface area contributed by atoms with Crippen molar-refractivity contribution in [3.05, 3.63) is 0 Å². The molecular formula is C12H20F3NO4. The minimum atomic E-state index is -4.72. The maximum Gasteiger partial charge on any atom is 0.406 e. The van der Waals surface area contributed by atoms with Crippen molar-refractivity contribution < 1.29 is 32.5 Å². The van der Waals surface area contributed by atoms with Crippen LogP contribution in [0.1, 0.15) is 12.8 Å². The minimum absolute atomic E-state index is 0.143. The highest BCUT2D eigenvalue weighted by atomic mass is 19.4. The molecule has 0 radical (unpaired) electrons. The minimum Gasteiger partial charge on any atom is -0.481 e. The van der Waals surface area contributed by atoms with Crippen LogP contribution in [0, 0.1) is 5.41 Å². The summed E-state index contributed by atoms with van der Waals surface area (Å²) < 4.78 is 48.8. The van der Waals surface area contributed by atoms with Gasteiger partial charge in [-0.05, 0) is 19.4 Å². The first-order valence-electron chi connectivity index (χ1n) is 6.42. The van der Waals surface area contributed by atoms with Crippen LogP contribution in [0.4, 0.5) is 13.2 Å². The fourth-order valence-electron chi connectivity index (χ4n) is 2.24. The lowest BCUT2D eigenvalue weighted by Crippen LogP contribution is -2.47. The number of hydrogen-bond acceptors (Lipinski definition) is 4. The molecule has 1 fully saturated rings. The van der Waals surface area contributed by atoms with Crippen LogP contribution in [0.3, 0.4) is 0 Å². The van der Waals surface area contributed by atoms with E-state index < -0.39 is 30.5 Å². The second-order valence-electron chi connectivity index (χ2n) is 4.87. The Labute approximate surface area is 115 Å². The third-order valence-corrected chi connectivity index (χ3v) is 3.50. The molecule has 1 heterocycles. The summed E-state index contributed by atoms with van der Waals surface area (Å²) in [7, 11) is 1.55. The van der Waals surface area contributed by atoms with E-state index in [1.54, 1.807) is 7.11 Å². The summed E-state index contributed by atoms with van der Waals surface area (Å²) in [5.74, 6) is -1.79. The number of aliphatic carboxylic acids is 1. The number of nitrogens with zero attached hydrogens (tertiary/aromatic N) is 1. The van der Waals surface area contributed by atoms with Crippen molar-refractivity contribution in [3.63, 3.8) is 0 Å². The van der Waals surface area contributed by atoms with Crippen LogP contribution in [0.25, 0.3) is 0 Å². The standard InChI is InChI=1S/C12H20F3NO4/c1-19-7-8-20-6-2-4-16-5-3-11(9-16,10(17)18)12(13,14)15/h2-9H2,1H3,(H,17,18). The van der Waals surface area contributed by atoms with E-state index >= 15 is 0 Å². The van der Waals surface area contributed by atoms with Crippen molar-refractivity contribution in [2.45, 2.75) is 19.0 Å². The number of likely N-dealkylation sites (tertiary alicyclic amines) is 1. The van der Waals surface area contributed by atoms with E-state index in [1.165, 1.54) is 4.90 Å². The van der Waals surface area contributed by atoms with Crippen LogP contribution in [0.15, 0.2) is 0 Å². The second kappa shape index (κ2) is 7.24. The average molecular weight is 299 g/mol. The van der Waals surface area contributed by atoms with Crippen LogP contribution in [-0.2, 0) is 14.3 Å². The van der Waals surface area contributed by atoms with Gasteiger partial charge in [-0.15, -0.1) is 0 Å². The molecule has 8 heteroatoms. The summed E-state index contributed by atoms with van der Waals surface area (Å²) in [6.45, 7) is 1.40. The summed E-state index contributed by atoms with van der Waals surface area (Å²) in [4.78, 5) is 12.5. The molecule has 20 heavy (non-hydrogen) atoms. The molecule has 0 spiro atoms. The molecule has 0 aromatic carbocycles. The summed E-state index contributed by atoms with van der Waals surface area (Å²) in [5, 5.41) is 8.90. The van der Waals surface area contributed by atoms with E-state index in [0.29, 0.717) is 32.8 Å². The monoisotopic (exact) mass is 299 g/mol. The van der Waals surface area contributed by atoms with Gasteiger partial charge in [0.1, 0.15) is 0 Å². The molecule has 1 aliphatic rings. The molecule has 1 rings (SSSR count). The van der Waals surface area contributed by atoms with Gasteiger partial charge in [-0.3, -0.25) is 4.79 Å². The average Bonchev–Trinajstić information content (AvgIpc) is 2.78. The van der Waals surface area contributed by atoms with Crippen LogP contribution >= 0.6 is 0 Å². The largest absolute Gasteiger partial charge is 0.481 e. The number of halogens is 3. The molecule has 0 amide bonds. The Hall–Kier alpha value is -0.860. The Kier molecular flexibility index (Phi) is 6.22. The molecule has 1 N–H and O–H groups in total. The number of carboxylic acid groups (broad SMARTS) is 1. The lowest BCUT2D eigenvalue weighted by atomic mass is 9.86. The smallest absolute Gasteiger partial charge is 0.406 e. The van der Waals surface area contributed by atoms with Crippen molar-refractivity contribution in [3.8, 4) is 0 Å². The predicted octanol–water partition coefficient (Wildman–Crippen LogP) is 1.38. The zero-order chi connectivity index (χ0) is 15.2. The van der Waals surface area contributed by atoms with E-state index in [4.69, 9.17) is 14.6 Å². The lowest BCUT2D eigenvalue weighted by Gasteiger charge is -2.27. The van der Waals surface area contributed by atoms with Crippen LogP contribution in [0.5, 0.6) is 0 Å². The summed E-state index contributed by atoms with van der Waals surface area (Å²) in [6, 6.07) is 0. The molecule has 1 saturated heterocycles. The number of hydrogen-bond donors (Lipinski definition) is 1. The number of rotatable bonds is 8. The van der Waals surface area contributed by atoms with Crippen molar-refractivity contribution in [1.82, 2.24) is 4.90 Å². The van der Waals surface area contributed by atoms with Crippen molar-refractivity contribution in [1.29, 1.82) is 0 Å². The fourth-order valence-corrected chi connectivity index (χ4v) is 2.24. The van der Waals surface area contributed by atoms with Gasteiger partial charge in [0.05, 0.1) is 13.2 Å². The highest BCUT2D eigenvalue weighted by Gasteiger charge is 2.63. The fraction of sp³-hybridized carbons (Fsp3) is 0.917. The number of methoxy groups -OCH3 is 1. The van der Waals surface area contributed by atoms with Gasteiger partial charge >= 0.3 is 12.1 Å². The van der Waals surface area contributed by atoms with E-state index in [0.717, 1.165) is 0 Å². The van der Waals surface area contributed by atoms with Crippen molar-refractivity contribution in [2.24, 2.45) is 5.41 Å². The molecule has 0 aliphatic carbocycles. The molecule has 1 unspecified atom stereocenters. The summed E-state index contributed by atoms with van der Waals surface area (Å²) in [5.41, 5.74) is -2.62. The molecule has 118 valence electrons. The quantitative estimate of drug-likeness (QED) is 0.686. The molecule has 1 atom stereocenters. The third-order valence-electron chi connectivity index (χ3n) is 3.50. The van der Waals surface area contributed by atoms with E-state index in [-0.39, 0.29) is 6.54 Å². The van der Waals surface area contributed by atoms with Crippen LogP contribution < -0.4 is 0 Å². The number of ether oxygens (including phenoxy) is 2. The Bertz CT molecular complexity index is 324. The third kappa shape index (κ3) is 4.07. The summed E-state index contributed by atoms with van der Waals surface area (Å²) in [6.07, 6.45) is -4.55. The van der Waals surface area contributed by atoms with Gasteiger partial charge < -0.3 is 19.5 Å². The zero-order valence-electron chi connectivity index (χ0n) is 11.4. The topological polar surface area (TPSA) is 59.0 Å². The Balaban J connectivity index is 2.36. The molecule has 5 nitrogen and oxygen atoms in total. The molecule has 0 aromatic heterocycles. The first kappa shape index (κ1) is 17.2. The van der Waals surface area contributed by atoms with Crippen LogP contribution in [-0.4, -0.2) is 68.7 Å². The highest BCUT2D eigenvalue weighted by molar-refractivity contribution is 5.76. The first-order valence-corrected chi connectivity index (χ1v) is 6.42. The lowest BCUT2D eigenvalue weighted by molar-refractivity contribution is -0.227. The molecule has 0 saturated carbocycles.